The second kappa shape index (κ2) is 4.44. The fourth-order valence-corrected chi connectivity index (χ4v) is 2.46. The molecule has 0 fully saturated rings. The SMILES string of the molecule is CCSc1ncnc2ccc(I)cc12. The molecule has 0 atom stereocenters. The van der Waals surface area contributed by atoms with E-state index < -0.39 is 0 Å². The van der Waals surface area contributed by atoms with Gasteiger partial charge in [0.2, 0.25) is 0 Å². The average Bonchev–Trinajstić information content (AvgIpc) is 2.19. The van der Waals surface area contributed by atoms with Crippen molar-refractivity contribution in [3.63, 3.8) is 0 Å². The molecule has 72 valence electrons. The lowest BCUT2D eigenvalue weighted by Crippen LogP contribution is -1.87. The predicted molar refractivity (Wildman–Crippen MR) is 68.7 cm³/mol. The van der Waals surface area contributed by atoms with Crippen molar-refractivity contribution in [2.24, 2.45) is 0 Å². The summed E-state index contributed by atoms with van der Waals surface area (Å²) in [5, 5.41) is 2.24. The second-order valence-electron chi connectivity index (χ2n) is 2.77. The van der Waals surface area contributed by atoms with E-state index in [1.54, 1.807) is 18.1 Å². The number of rotatable bonds is 2. The minimum Gasteiger partial charge on any atom is -0.236 e. The van der Waals surface area contributed by atoms with Gasteiger partial charge in [-0.25, -0.2) is 9.97 Å². The molecule has 0 radical (unpaired) electrons. The Labute approximate surface area is 101 Å². The Morgan fingerprint density at radius 2 is 2.21 bits per heavy atom. The summed E-state index contributed by atoms with van der Waals surface area (Å²) in [6, 6.07) is 6.24. The Bertz CT molecular complexity index is 459. The maximum atomic E-state index is 4.29. The van der Waals surface area contributed by atoms with Crippen LogP contribution in [0.2, 0.25) is 0 Å². The number of hydrogen-bond acceptors (Lipinski definition) is 3. The van der Waals surface area contributed by atoms with Crippen LogP contribution in [0.15, 0.2) is 29.6 Å². The lowest BCUT2D eigenvalue weighted by atomic mass is 10.2. The normalized spacial score (nSPS) is 10.7. The number of thioether (sulfide) groups is 1. The number of benzene rings is 1. The molecule has 1 heterocycles. The van der Waals surface area contributed by atoms with Crippen LogP contribution in [0, 0.1) is 3.57 Å². The number of nitrogens with zero attached hydrogens (tertiary/aromatic N) is 2. The quantitative estimate of drug-likeness (QED) is 0.483. The van der Waals surface area contributed by atoms with E-state index in [9.17, 15) is 0 Å². The van der Waals surface area contributed by atoms with E-state index in [0.29, 0.717) is 0 Å². The highest BCUT2D eigenvalue weighted by molar-refractivity contribution is 14.1. The van der Waals surface area contributed by atoms with Crippen molar-refractivity contribution in [3.05, 3.63) is 28.1 Å². The molecule has 0 bridgehead atoms. The van der Waals surface area contributed by atoms with Gasteiger partial charge in [0.05, 0.1) is 5.52 Å². The van der Waals surface area contributed by atoms with Crippen molar-refractivity contribution >= 4 is 45.3 Å². The Balaban J connectivity index is 2.64. The van der Waals surface area contributed by atoms with Gasteiger partial charge in [-0.05, 0) is 46.5 Å². The largest absolute Gasteiger partial charge is 0.236 e. The molecule has 1 aromatic carbocycles. The molecule has 2 nitrogen and oxygen atoms in total. The minimum absolute atomic E-state index is 1.02. The zero-order valence-corrected chi connectivity index (χ0v) is 10.7. The van der Waals surface area contributed by atoms with Crippen LogP contribution in [0.5, 0.6) is 0 Å². The maximum absolute atomic E-state index is 4.29. The molecule has 0 spiro atoms. The third-order valence-corrected chi connectivity index (χ3v) is 3.40. The number of aromatic nitrogens is 2. The average molecular weight is 316 g/mol. The fourth-order valence-electron chi connectivity index (χ4n) is 1.26. The first kappa shape index (κ1) is 10.2. The highest BCUT2D eigenvalue weighted by Crippen LogP contribution is 2.25. The van der Waals surface area contributed by atoms with Crippen LogP contribution >= 0.6 is 34.4 Å². The van der Waals surface area contributed by atoms with E-state index in [0.717, 1.165) is 21.7 Å². The zero-order chi connectivity index (χ0) is 9.97. The van der Waals surface area contributed by atoms with Crippen molar-refractivity contribution in [2.75, 3.05) is 5.75 Å². The third kappa shape index (κ3) is 2.00. The summed E-state index contributed by atoms with van der Waals surface area (Å²) in [4.78, 5) is 8.52. The predicted octanol–water partition coefficient (Wildman–Crippen LogP) is 3.35. The lowest BCUT2D eigenvalue weighted by molar-refractivity contribution is 1.10. The van der Waals surface area contributed by atoms with Crippen molar-refractivity contribution in [1.82, 2.24) is 9.97 Å². The number of hydrogen-bond donors (Lipinski definition) is 0. The van der Waals surface area contributed by atoms with Crippen molar-refractivity contribution < 1.29 is 0 Å². The first-order chi connectivity index (χ1) is 6.81. The van der Waals surface area contributed by atoms with Gasteiger partial charge in [-0.15, -0.1) is 11.8 Å². The highest BCUT2D eigenvalue weighted by Gasteiger charge is 2.03. The molecule has 0 saturated heterocycles. The van der Waals surface area contributed by atoms with Gasteiger partial charge in [0.25, 0.3) is 0 Å². The first-order valence-electron chi connectivity index (χ1n) is 4.34. The molecule has 4 heteroatoms. The molecular weight excluding hydrogens is 307 g/mol. The van der Waals surface area contributed by atoms with Gasteiger partial charge < -0.3 is 0 Å². The van der Waals surface area contributed by atoms with E-state index in [2.05, 4.69) is 51.6 Å². The fraction of sp³-hybridized carbons (Fsp3) is 0.200. The molecule has 0 aliphatic rings. The van der Waals surface area contributed by atoms with E-state index in [4.69, 9.17) is 0 Å². The van der Waals surface area contributed by atoms with Gasteiger partial charge in [0, 0.05) is 8.96 Å². The van der Waals surface area contributed by atoms with Crippen LogP contribution in [-0.4, -0.2) is 15.7 Å². The molecule has 2 rings (SSSR count). The Hall–Kier alpha value is -0.360. The molecule has 0 aliphatic heterocycles. The number of fused-ring (bicyclic) bond motifs is 1. The molecule has 14 heavy (non-hydrogen) atoms. The molecule has 0 aliphatic carbocycles. The van der Waals surface area contributed by atoms with Crippen LogP contribution < -0.4 is 0 Å². The molecular formula is C10H9IN2S. The van der Waals surface area contributed by atoms with Crippen molar-refractivity contribution in [2.45, 2.75) is 11.9 Å². The summed E-state index contributed by atoms with van der Waals surface area (Å²) in [6.45, 7) is 2.13. The smallest absolute Gasteiger partial charge is 0.117 e. The summed E-state index contributed by atoms with van der Waals surface area (Å²) in [6.07, 6.45) is 1.63. The summed E-state index contributed by atoms with van der Waals surface area (Å²) < 4.78 is 1.22. The van der Waals surface area contributed by atoms with Gasteiger partial charge in [0.15, 0.2) is 0 Å². The maximum Gasteiger partial charge on any atom is 0.117 e. The summed E-state index contributed by atoms with van der Waals surface area (Å²) in [7, 11) is 0. The zero-order valence-electron chi connectivity index (χ0n) is 7.70. The van der Waals surface area contributed by atoms with Gasteiger partial charge in [-0.3, -0.25) is 0 Å². The Morgan fingerprint density at radius 1 is 1.36 bits per heavy atom. The van der Waals surface area contributed by atoms with Gasteiger partial charge in [-0.2, -0.15) is 0 Å². The topological polar surface area (TPSA) is 25.8 Å². The van der Waals surface area contributed by atoms with Crippen molar-refractivity contribution in [1.29, 1.82) is 0 Å². The van der Waals surface area contributed by atoms with Crippen molar-refractivity contribution in [3.8, 4) is 0 Å². The summed E-state index contributed by atoms with van der Waals surface area (Å²) in [5.41, 5.74) is 1.02. The minimum atomic E-state index is 1.02. The molecule has 1 aromatic heterocycles. The lowest BCUT2D eigenvalue weighted by Gasteiger charge is -2.02. The van der Waals surface area contributed by atoms with E-state index in [1.165, 1.54) is 3.57 Å². The van der Waals surface area contributed by atoms with Crippen LogP contribution in [0.1, 0.15) is 6.92 Å². The highest BCUT2D eigenvalue weighted by atomic mass is 127. The van der Waals surface area contributed by atoms with Crippen LogP contribution in [-0.2, 0) is 0 Å². The van der Waals surface area contributed by atoms with Gasteiger partial charge in [0.1, 0.15) is 11.4 Å². The second-order valence-corrected chi connectivity index (χ2v) is 5.27. The van der Waals surface area contributed by atoms with E-state index in [1.807, 2.05) is 6.07 Å². The van der Waals surface area contributed by atoms with E-state index >= 15 is 0 Å². The summed E-state index contributed by atoms with van der Waals surface area (Å²) in [5.74, 6) is 1.04. The van der Waals surface area contributed by atoms with E-state index in [-0.39, 0.29) is 0 Å². The first-order valence-corrected chi connectivity index (χ1v) is 6.40. The Kier molecular flexibility index (Phi) is 3.22. The molecule has 0 amide bonds. The van der Waals surface area contributed by atoms with Crippen LogP contribution in [0.4, 0.5) is 0 Å². The van der Waals surface area contributed by atoms with Crippen LogP contribution in [0.3, 0.4) is 0 Å². The van der Waals surface area contributed by atoms with Gasteiger partial charge in [-0.1, -0.05) is 6.92 Å². The number of halogens is 1. The van der Waals surface area contributed by atoms with Gasteiger partial charge >= 0.3 is 0 Å². The summed E-state index contributed by atoms with van der Waals surface area (Å²) >= 11 is 4.07. The molecule has 0 unspecified atom stereocenters. The standard InChI is InChI=1S/C10H9IN2S/c1-2-14-10-8-5-7(11)3-4-9(8)12-6-13-10/h3-6H,2H2,1H3. The monoisotopic (exact) mass is 316 g/mol. The Morgan fingerprint density at radius 3 is 3.00 bits per heavy atom. The molecule has 2 aromatic rings. The molecule has 0 saturated carbocycles. The van der Waals surface area contributed by atoms with Crippen LogP contribution in [0.25, 0.3) is 10.9 Å². The molecule has 0 N–H and O–H groups in total. The third-order valence-electron chi connectivity index (χ3n) is 1.84.